The van der Waals surface area contributed by atoms with Crippen molar-refractivity contribution in [3.8, 4) is 0 Å². The first kappa shape index (κ1) is 18.9. The van der Waals surface area contributed by atoms with Crippen molar-refractivity contribution in [3.63, 3.8) is 0 Å². The second-order valence-electron chi connectivity index (χ2n) is 7.17. The van der Waals surface area contributed by atoms with Crippen molar-refractivity contribution in [2.75, 3.05) is 19.6 Å². The molecule has 2 rings (SSSR count). The molecule has 0 bridgehead atoms. The first-order valence-electron chi connectivity index (χ1n) is 8.30. The van der Waals surface area contributed by atoms with Gasteiger partial charge in [0.25, 0.3) is 0 Å². The minimum absolute atomic E-state index is 0.132. The number of benzene rings is 1. The molecule has 0 saturated carbocycles. The third kappa shape index (κ3) is 6.93. The first-order chi connectivity index (χ1) is 11.7. The van der Waals surface area contributed by atoms with Crippen molar-refractivity contribution in [1.82, 2.24) is 15.5 Å². The van der Waals surface area contributed by atoms with Crippen LogP contribution in [0.4, 0.5) is 4.79 Å². The van der Waals surface area contributed by atoms with Gasteiger partial charge in [0.2, 0.25) is 11.8 Å². The number of nitrogens with zero attached hydrogens (tertiary/aromatic N) is 1. The molecule has 1 saturated heterocycles. The van der Waals surface area contributed by atoms with Crippen LogP contribution in [0.2, 0.25) is 0 Å². The maximum absolute atomic E-state index is 12.1. The standard InChI is InChI=1S/C18H25N3O4/c1-18(2,3)25-17(24)19-14(9-13-7-5-4-6-8-13)10-21-11-15(22)20-16(23)12-21/h4-8,14H,9-12H2,1-3H3,(H,19,24)(H,20,22,23). The minimum Gasteiger partial charge on any atom is -0.444 e. The molecule has 7 nitrogen and oxygen atoms in total. The van der Waals surface area contributed by atoms with Crippen LogP contribution < -0.4 is 10.6 Å². The molecular formula is C18H25N3O4. The molecule has 3 amide bonds. The van der Waals surface area contributed by atoms with Gasteiger partial charge in [0, 0.05) is 12.6 Å². The summed E-state index contributed by atoms with van der Waals surface area (Å²) in [6.07, 6.45) is 0.0630. The SMILES string of the molecule is CC(C)(C)OC(=O)NC(Cc1ccccc1)CN1CC(=O)NC(=O)C1. The average Bonchev–Trinajstić information content (AvgIpc) is 2.44. The van der Waals surface area contributed by atoms with Gasteiger partial charge in [0.15, 0.2) is 0 Å². The van der Waals surface area contributed by atoms with Crippen LogP contribution in [0.1, 0.15) is 26.3 Å². The summed E-state index contributed by atoms with van der Waals surface area (Å²) in [6.45, 7) is 6.04. The number of carbonyl (C=O) groups excluding carboxylic acids is 3. The topological polar surface area (TPSA) is 87.7 Å². The van der Waals surface area contributed by atoms with Crippen LogP contribution in [0.5, 0.6) is 0 Å². The maximum Gasteiger partial charge on any atom is 0.407 e. The minimum atomic E-state index is -0.595. The molecule has 0 aromatic heterocycles. The third-order valence-electron chi connectivity index (χ3n) is 3.54. The van der Waals surface area contributed by atoms with Crippen molar-refractivity contribution in [1.29, 1.82) is 0 Å². The van der Waals surface area contributed by atoms with E-state index in [-0.39, 0.29) is 30.9 Å². The number of nitrogens with one attached hydrogen (secondary N) is 2. The fourth-order valence-corrected chi connectivity index (χ4v) is 2.67. The first-order valence-corrected chi connectivity index (χ1v) is 8.30. The quantitative estimate of drug-likeness (QED) is 0.778. The van der Waals surface area contributed by atoms with E-state index in [9.17, 15) is 14.4 Å². The summed E-state index contributed by atoms with van der Waals surface area (Å²) in [7, 11) is 0. The van der Waals surface area contributed by atoms with Crippen LogP contribution in [-0.4, -0.2) is 54.1 Å². The lowest BCUT2D eigenvalue weighted by Crippen LogP contribution is -2.55. The molecule has 1 heterocycles. The highest BCUT2D eigenvalue weighted by molar-refractivity contribution is 5.99. The zero-order valence-electron chi connectivity index (χ0n) is 14.9. The Morgan fingerprint density at radius 2 is 1.80 bits per heavy atom. The van der Waals surface area contributed by atoms with E-state index in [0.717, 1.165) is 5.56 Å². The summed E-state index contributed by atoms with van der Waals surface area (Å²) in [5, 5.41) is 5.13. The Labute approximate surface area is 147 Å². The Balaban J connectivity index is 2.04. The fourth-order valence-electron chi connectivity index (χ4n) is 2.67. The number of alkyl carbamates (subject to hydrolysis) is 1. The predicted octanol–water partition coefficient (Wildman–Crippen LogP) is 1.08. The van der Waals surface area contributed by atoms with Gasteiger partial charge in [-0.3, -0.25) is 19.8 Å². The van der Waals surface area contributed by atoms with Gasteiger partial charge in [-0.25, -0.2) is 4.79 Å². The van der Waals surface area contributed by atoms with Crippen LogP contribution in [0.3, 0.4) is 0 Å². The predicted molar refractivity (Wildman–Crippen MR) is 92.9 cm³/mol. The molecule has 1 fully saturated rings. The number of imide groups is 1. The summed E-state index contributed by atoms with van der Waals surface area (Å²) in [6, 6.07) is 9.44. The average molecular weight is 347 g/mol. The van der Waals surface area contributed by atoms with E-state index in [0.29, 0.717) is 13.0 Å². The summed E-state index contributed by atoms with van der Waals surface area (Å²) in [5.41, 5.74) is 0.457. The number of hydrogen-bond donors (Lipinski definition) is 2. The van der Waals surface area contributed by atoms with E-state index in [4.69, 9.17) is 4.74 Å². The van der Waals surface area contributed by atoms with E-state index in [2.05, 4.69) is 10.6 Å². The van der Waals surface area contributed by atoms with Crippen LogP contribution in [-0.2, 0) is 20.7 Å². The molecule has 0 aliphatic carbocycles. The lowest BCUT2D eigenvalue weighted by atomic mass is 10.1. The third-order valence-corrected chi connectivity index (χ3v) is 3.54. The molecule has 7 heteroatoms. The Morgan fingerprint density at radius 3 is 2.36 bits per heavy atom. The molecule has 1 aromatic carbocycles. The number of carbonyl (C=O) groups is 3. The Bertz CT molecular complexity index is 609. The van der Waals surface area contributed by atoms with Gasteiger partial charge in [-0.15, -0.1) is 0 Å². The second kappa shape index (κ2) is 8.11. The summed E-state index contributed by atoms with van der Waals surface area (Å²) < 4.78 is 5.32. The molecule has 1 aliphatic rings. The van der Waals surface area contributed by atoms with Gasteiger partial charge in [0.05, 0.1) is 13.1 Å². The highest BCUT2D eigenvalue weighted by atomic mass is 16.6. The molecule has 0 spiro atoms. The van der Waals surface area contributed by atoms with Crippen molar-refractivity contribution < 1.29 is 19.1 Å². The monoisotopic (exact) mass is 347 g/mol. The van der Waals surface area contributed by atoms with Crippen molar-refractivity contribution in [2.24, 2.45) is 0 Å². The zero-order valence-corrected chi connectivity index (χ0v) is 14.9. The van der Waals surface area contributed by atoms with Crippen molar-refractivity contribution in [3.05, 3.63) is 35.9 Å². The maximum atomic E-state index is 12.1. The lowest BCUT2D eigenvalue weighted by molar-refractivity contribution is -0.136. The second-order valence-corrected chi connectivity index (χ2v) is 7.17. The Kier molecular flexibility index (Phi) is 6.14. The summed E-state index contributed by atoms with van der Waals surface area (Å²) in [4.78, 5) is 37.0. The normalized spacial score (nSPS) is 16.9. The van der Waals surface area contributed by atoms with E-state index in [1.54, 1.807) is 25.7 Å². The molecule has 2 N–H and O–H groups in total. The number of ether oxygens (including phenoxy) is 1. The van der Waals surface area contributed by atoms with Gasteiger partial charge < -0.3 is 10.1 Å². The largest absolute Gasteiger partial charge is 0.444 e. The number of amides is 3. The summed E-state index contributed by atoms with van der Waals surface area (Å²) in [5.74, 6) is -0.654. The number of hydrogen-bond acceptors (Lipinski definition) is 5. The van der Waals surface area contributed by atoms with Gasteiger partial charge in [-0.05, 0) is 32.8 Å². The van der Waals surface area contributed by atoms with E-state index in [1.807, 2.05) is 30.3 Å². The highest BCUT2D eigenvalue weighted by Gasteiger charge is 2.26. The smallest absolute Gasteiger partial charge is 0.407 e. The molecule has 136 valence electrons. The van der Waals surface area contributed by atoms with Gasteiger partial charge >= 0.3 is 6.09 Å². The highest BCUT2D eigenvalue weighted by Crippen LogP contribution is 2.10. The number of piperazine rings is 1. The molecule has 1 atom stereocenters. The number of rotatable bonds is 5. The molecular weight excluding hydrogens is 322 g/mol. The summed E-state index contributed by atoms with van der Waals surface area (Å²) >= 11 is 0. The van der Waals surface area contributed by atoms with Crippen LogP contribution in [0.25, 0.3) is 0 Å². The van der Waals surface area contributed by atoms with Gasteiger partial charge in [-0.1, -0.05) is 30.3 Å². The molecule has 0 radical (unpaired) electrons. The Hall–Kier alpha value is -2.41. The molecule has 1 unspecified atom stereocenters. The van der Waals surface area contributed by atoms with Crippen molar-refractivity contribution in [2.45, 2.75) is 38.8 Å². The fraction of sp³-hybridized carbons (Fsp3) is 0.500. The lowest BCUT2D eigenvalue weighted by Gasteiger charge is -2.30. The van der Waals surface area contributed by atoms with Gasteiger partial charge in [-0.2, -0.15) is 0 Å². The Morgan fingerprint density at radius 1 is 1.20 bits per heavy atom. The van der Waals surface area contributed by atoms with E-state index in [1.165, 1.54) is 0 Å². The van der Waals surface area contributed by atoms with E-state index < -0.39 is 11.7 Å². The molecule has 1 aromatic rings. The molecule has 25 heavy (non-hydrogen) atoms. The van der Waals surface area contributed by atoms with Crippen molar-refractivity contribution >= 4 is 17.9 Å². The zero-order chi connectivity index (χ0) is 18.4. The van der Waals surface area contributed by atoms with Crippen LogP contribution in [0, 0.1) is 0 Å². The van der Waals surface area contributed by atoms with Gasteiger partial charge in [0.1, 0.15) is 5.60 Å². The van der Waals surface area contributed by atoms with Crippen LogP contribution >= 0.6 is 0 Å². The molecule has 1 aliphatic heterocycles. The van der Waals surface area contributed by atoms with Crippen LogP contribution in [0.15, 0.2) is 30.3 Å². The van der Waals surface area contributed by atoms with E-state index >= 15 is 0 Å².